The molecule has 0 unspecified atom stereocenters. The third kappa shape index (κ3) is 3.23. The molecule has 1 amide bonds. The smallest absolute Gasteiger partial charge is 0.326 e. The van der Waals surface area contributed by atoms with Crippen LogP contribution in [0, 0.1) is 0 Å². The molecule has 0 bridgehead atoms. The number of rotatable bonds is 3. The zero-order chi connectivity index (χ0) is 14.9. The van der Waals surface area contributed by atoms with Crippen LogP contribution in [0.2, 0.25) is 10.0 Å². The number of carboxylic acids is 1. The third-order valence-electron chi connectivity index (χ3n) is 3.24. The van der Waals surface area contributed by atoms with Gasteiger partial charge in [-0.2, -0.15) is 0 Å². The van der Waals surface area contributed by atoms with E-state index in [-0.39, 0.29) is 25.3 Å². The maximum atomic E-state index is 12.2. The van der Waals surface area contributed by atoms with E-state index in [0.29, 0.717) is 15.6 Å². The zero-order valence-corrected chi connectivity index (χ0v) is 11.9. The Morgan fingerprint density at radius 3 is 2.65 bits per heavy atom. The second-order valence-electron chi connectivity index (χ2n) is 4.70. The van der Waals surface area contributed by atoms with Gasteiger partial charge in [0.05, 0.1) is 12.5 Å². The van der Waals surface area contributed by atoms with Gasteiger partial charge >= 0.3 is 5.97 Å². The molecule has 1 aromatic rings. The number of aliphatic hydroxyl groups excluding tert-OH is 1. The third-order valence-corrected chi connectivity index (χ3v) is 3.83. The van der Waals surface area contributed by atoms with E-state index in [4.69, 9.17) is 28.3 Å². The number of benzene rings is 1. The van der Waals surface area contributed by atoms with E-state index in [1.165, 1.54) is 11.0 Å². The van der Waals surface area contributed by atoms with Crippen LogP contribution in [0.5, 0.6) is 0 Å². The molecular weight excluding hydrogens is 305 g/mol. The molecule has 2 atom stereocenters. The number of aliphatic carboxylic acids is 1. The lowest BCUT2D eigenvalue weighted by molar-refractivity contribution is -0.148. The molecule has 5 nitrogen and oxygen atoms in total. The van der Waals surface area contributed by atoms with Crippen LogP contribution in [0.3, 0.4) is 0 Å². The van der Waals surface area contributed by atoms with Gasteiger partial charge in [-0.15, -0.1) is 0 Å². The Kier molecular flexibility index (Phi) is 4.52. The summed E-state index contributed by atoms with van der Waals surface area (Å²) in [7, 11) is 0. The normalized spacial score (nSPS) is 22.1. The van der Waals surface area contributed by atoms with Crippen molar-refractivity contribution in [1.82, 2.24) is 4.90 Å². The summed E-state index contributed by atoms with van der Waals surface area (Å²) in [6.07, 6.45) is -0.775. The van der Waals surface area contributed by atoms with Crippen molar-refractivity contribution in [2.24, 2.45) is 0 Å². The van der Waals surface area contributed by atoms with E-state index in [0.717, 1.165) is 0 Å². The van der Waals surface area contributed by atoms with Crippen molar-refractivity contribution >= 4 is 35.1 Å². The average Bonchev–Trinajstić information content (AvgIpc) is 2.75. The predicted molar refractivity (Wildman–Crippen MR) is 73.9 cm³/mol. The summed E-state index contributed by atoms with van der Waals surface area (Å²) >= 11 is 11.8. The van der Waals surface area contributed by atoms with Crippen LogP contribution in [0.25, 0.3) is 0 Å². The van der Waals surface area contributed by atoms with E-state index < -0.39 is 18.1 Å². The van der Waals surface area contributed by atoms with Crippen LogP contribution < -0.4 is 0 Å². The Balaban J connectivity index is 2.13. The Morgan fingerprint density at radius 1 is 1.35 bits per heavy atom. The highest BCUT2D eigenvalue weighted by molar-refractivity contribution is 6.35. The van der Waals surface area contributed by atoms with Crippen molar-refractivity contribution in [3.05, 3.63) is 33.8 Å². The first kappa shape index (κ1) is 15.1. The van der Waals surface area contributed by atoms with Crippen LogP contribution in [0.15, 0.2) is 18.2 Å². The fourth-order valence-corrected chi connectivity index (χ4v) is 2.73. The van der Waals surface area contributed by atoms with Gasteiger partial charge in [-0.3, -0.25) is 4.79 Å². The SMILES string of the molecule is O=C(O)[C@@H]1C[C@@H](O)CN1C(=O)Cc1ccc(Cl)cc1Cl. The van der Waals surface area contributed by atoms with E-state index in [1.807, 2.05) is 0 Å². The number of nitrogens with zero attached hydrogens (tertiary/aromatic N) is 1. The molecule has 0 spiro atoms. The van der Waals surface area contributed by atoms with Gasteiger partial charge in [0.15, 0.2) is 0 Å². The quantitative estimate of drug-likeness (QED) is 0.887. The highest BCUT2D eigenvalue weighted by atomic mass is 35.5. The zero-order valence-electron chi connectivity index (χ0n) is 10.4. The molecule has 1 heterocycles. The van der Waals surface area contributed by atoms with Crippen molar-refractivity contribution in [3.8, 4) is 0 Å². The minimum absolute atomic E-state index is 0.0213. The lowest BCUT2D eigenvalue weighted by Gasteiger charge is -2.21. The van der Waals surface area contributed by atoms with Gasteiger partial charge in [0.1, 0.15) is 6.04 Å². The van der Waals surface area contributed by atoms with E-state index in [9.17, 15) is 14.7 Å². The molecule has 1 aliphatic rings. The van der Waals surface area contributed by atoms with Crippen molar-refractivity contribution in [1.29, 1.82) is 0 Å². The maximum absolute atomic E-state index is 12.2. The Hall–Kier alpha value is -1.30. The number of carboxylic acid groups (broad SMARTS) is 1. The molecule has 2 rings (SSSR count). The first-order chi connectivity index (χ1) is 9.38. The lowest BCUT2D eigenvalue weighted by Crippen LogP contribution is -2.41. The largest absolute Gasteiger partial charge is 0.480 e. The molecule has 0 saturated carbocycles. The minimum atomic E-state index is -1.11. The summed E-state index contributed by atoms with van der Waals surface area (Å²) in [5.41, 5.74) is 0.576. The second kappa shape index (κ2) is 5.99. The fourth-order valence-electron chi connectivity index (χ4n) is 2.25. The van der Waals surface area contributed by atoms with Crippen molar-refractivity contribution in [2.45, 2.75) is 25.0 Å². The number of amides is 1. The summed E-state index contributed by atoms with van der Waals surface area (Å²) < 4.78 is 0. The number of halogens is 2. The molecule has 108 valence electrons. The topological polar surface area (TPSA) is 77.8 Å². The van der Waals surface area contributed by atoms with E-state index >= 15 is 0 Å². The van der Waals surface area contributed by atoms with Gasteiger partial charge < -0.3 is 15.1 Å². The molecule has 1 saturated heterocycles. The molecule has 1 aliphatic heterocycles. The van der Waals surface area contributed by atoms with Crippen LogP contribution in [0.1, 0.15) is 12.0 Å². The molecule has 0 aliphatic carbocycles. The molecule has 1 fully saturated rings. The predicted octanol–water partition coefficient (Wildman–Crippen LogP) is 1.58. The van der Waals surface area contributed by atoms with Gasteiger partial charge in [-0.25, -0.2) is 4.79 Å². The van der Waals surface area contributed by atoms with Crippen molar-refractivity contribution in [2.75, 3.05) is 6.54 Å². The Bertz CT molecular complexity index is 549. The Morgan fingerprint density at radius 2 is 2.05 bits per heavy atom. The Labute approximate surface area is 125 Å². The average molecular weight is 318 g/mol. The molecular formula is C13H13Cl2NO4. The monoisotopic (exact) mass is 317 g/mol. The van der Waals surface area contributed by atoms with Crippen molar-refractivity contribution < 1.29 is 19.8 Å². The van der Waals surface area contributed by atoms with Gasteiger partial charge in [0.2, 0.25) is 5.91 Å². The minimum Gasteiger partial charge on any atom is -0.480 e. The molecule has 0 aromatic heterocycles. The van der Waals surface area contributed by atoms with Gasteiger partial charge in [0.25, 0.3) is 0 Å². The second-order valence-corrected chi connectivity index (χ2v) is 5.55. The first-order valence-corrected chi connectivity index (χ1v) is 6.78. The summed E-state index contributed by atoms with van der Waals surface area (Å²) in [5, 5.41) is 19.4. The highest BCUT2D eigenvalue weighted by Gasteiger charge is 2.38. The van der Waals surface area contributed by atoms with E-state index in [1.54, 1.807) is 12.1 Å². The fraction of sp³-hybridized carbons (Fsp3) is 0.385. The summed E-state index contributed by atoms with van der Waals surface area (Å²) in [6.45, 7) is 0.0288. The lowest BCUT2D eigenvalue weighted by atomic mass is 10.1. The molecule has 20 heavy (non-hydrogen) atoms. The number of likely N-dealkylation sites (tertiary alicyclic amines) is 1. The number of carbonyl (C=O) groups is 2. The molecule has 7 heteroatoms. The maximum Gasteiger partial charge on any atom is 0.326 e. The number of aliphatic hydroxyl groups is 1. The van der Waals surface area contributed by atoms with Crippen LogP contribution in [-0.2, 0) is 16.0 Å². The van der Waals surface area contributed by atoms with Crippen LogP contribution in [-0.4, -0.2) is 45.7 Å². The highest BCUT2D eigenvalue weighted by Crippen LogP contribution is 2.24. The standard InChI is InChI=1S/C13H13Cl2NO4/c14-8-2-1-7(10(15)4-8)3-12(18)16-6-9(17)5-11(16)13(19)20/h1-2,4,9,11,17H,3,5-6H2,(H,19,20)/t9-,11+/m1/s1. The number of hydrogen-bond acceptors (Lipinski definition) is 3. The number of hydrogen-bond donors (Lipinski definition) is 2. The molecule has 2 N–H and O–H groups in total. The summed E-state index contributed by atoms with van der Waals surface area (Å²) in [6, 6.07) is 3.79. The van der Waals surface area contributed by atoms with Gasteiger partial charge in [0, 0.05) is 23.0 Å². The van der Waals surface area contributed by atoms with Gasteiger partial charge in [-0.05, 0) is 17.7 Å². The summed E-state index contributed by atoms with van der Waals surface area (Å²) in [4.78, 5) is 24.4. The van der Waals surface area contributed by atoms with Crippen LogP contribution in [0.4, 0.5) is 0 Å². The molecule has 1 aromatic carbocycles. The van der Waals surface area contributed by atoms with Crippen LogP contribution >= 0.6 is 23.2 Å². The van der Waals surface area contributed by atoms with E-state index in [2.05, 4.69) is 0 Å². The summed E-state index contributed by atoms with van der Waals surface area (Å²) in [5.74, 6) is -1.49. The number of β-amino-alcohol motifs (C(OH)–C–C–N with tert-alkyl or cyclic N) is 1. The van der Waals surface area contributed by atoms with Gasteiger partial charge in [-0.1, -0.05) is 29.3 Å². The first-order valence-electron chi connectivity index (χ1n) is 6.02. The number of carbonyl (C=O) groups excluding carboxylic acids is 1. The van der Waals surface area contributed by atoms with Crippen molar-refractivity contribution in [3.63, 3.8) is 0 Å². The molecule has 0 radical (unpaired) electrons.